The van der Waals surface area contributed by atoms with Crippen molar-refractivity contribution in [3.8, 4) is 51.5 Å². The molecule has 38 heavy (non-hydrogen) atoms. The second-order valence-electron chi connectivity index (χ2n) is 8.77. The zero-order valence-electron chi connectivity index (χ0n) is 20.1. The van der Waals surface area contributed by atoms with Crippen LogP contribution in [-0.4, -0.2) is 46.7 Å². The Balaban J connectivity index is 1.24. The van der Waals surface area contributed by atoms with E-state index in [1.165, 1.54) is 17.9 Å². The van der Waals surface area contributed by atoms with Gasteiger partial charge >= 0.3 is 6.18 Å². The van der Waals surface area contributed by atoms with E-state index in [2.05, 4.69) is 35.1 Å². The number of alkyl halides is 3. The smallest absolute Gasteiger partial charge is 0.434 e. The van der Waals surface area contributed by atoms with Crippen LogP contribution in [0.2, 0.25) is 0 Å². The van der Waals surface area contributed by atoms with Crippen molar-refractivity contribution in [2.45, 2.75) is 24.9 Å². The number of rotatable bonds is 6. The van der Waals surface area contributed by atoms with Gasteiger partial charge in [-0.25, -0.2) is 24.9 Å². The number of aryl methyl sites for hydroxylation is 1. The molecule has 13 heteroatoms. The van der Waals surface area contributed by atoms with E-state index in [1.54, 1.807) is 43.8 Å². The molecule has 0 spiro atoms. The van der Waals surface area contributed by atoms with Gasteiger partial charge in [0.15, 0.2) is 11.5 Å². The average molecular weight is 520 g/mol. The number of imidazole rings is 1. The monoisotopic (exact) mass is 520 g/mol. The average Bonchev–Trinajstić information content (AvgIpc) is 3.51. The van der Waals surface area contributed by atoms with E-state index in [0.29, 0.717) is 39.9 Å². The van der Waals surface area contributed by atoms with Gasteiger partial charge in [0.1, 0.15) is 17.7 Å². The Labute approximate surface area is 213 Å². The second-order valence-corrected chi connectivity index (χ2v) is 8.77. The minimum absolute atomic E-state index is 0.192. The summed E-state index contributed by atoms with van der Waals surface area (Å²) in [5.41, 5.74) is 2.24. The molecular formula is C25H19F3N8O2. The van der Waals surface area contributed by atoms with Crippen LogP contribution in [0.25, 0.3) is 45.6 Å². The molecule has 0 N–H and O–H groups in total. The van der Waals surface area contributed by atoms with E-state index >= 15 is 0 Å². The highest BCUT2D eigenvalue weighted by atomic mass is 19.4. The van der Waals surface area contributed by atoms with Crippen LogP contribution >= 0.6 is 0 Å². The summed E-state index contributed by atoms with van der Waals surface area (Å²) in [5.74, 6) is 1.92. The summed E-state index contributed by atoms with van der Waals surface area (Å²) < 4.78 is 51.1. The molecule has 5 aromatic rings. The van der Waals surface area contributed by atoms with Crippen molar-refractivity contribution in [2.75, 3.05) is 7.11 Å². The molecule has 4 heterocycles. The summed E-state index contributed by atoms with van der Waals surface area (Å²) in [7, 11) is 3.05. The SMILES string of the molecule is COc1ncnc(C2CC2)c1-c1ncc(-c2noc(-c3ccc(-c4nc(C(F)(F)F)cn4C)cc3)n2)cn1. The number of hydrogen-bond acceptors (Lipinski definition) is 9. The molecule has 0 amide bonds. The first-order chi connectivity index (χ1) is 18.3. The predicted octanol–water partition coefficient (Wildman–Crippen LogP) is 4.96. The molecule has 1 fully saturated rings. The first-order valence-corrected chi connectivity index (χ1v) is 11.6. The third-order valence-electron chi connectivity index (χ3n) is 6.12. The topological polar surface area (TPSA) is 118 Å². The Morgan fingerprint density at radius 3 is 2.26 bits per heavy atom. The molecule has 192 valence electrons. The Morgan fingerprint density at radius 2 is 1.63 bits per heavy atom. The molecule has 4 aromatic heterocycles. The number of methoxy groups -OCH3 is 1. The van der Waals surface area contributed by atoms with Gasteiger partial charge < -0.3 is 13.8 Å². The summed E-state index contributed by atoms with van der Waals surface area (Å²) in [6.07, 6.45) is 3.19. The summed E-state index contributed by atoms with van der Waals surface area (Å²) >= 11 is 0. The van der Waals surface area contributed by atoms with Crippen LogP contribution in [0.5, 0.6) is 5.88 Å². The lowest BCUT2D eigenvalue weighted by Gasteiger charge is -2.10. The Hall–Kier alpha value is -4.68. The molecule has 0 atom stereocenters. The maximum absolute atomic E-state index is 13.0. The fraction of sp³-hybridized carbons (Fsp3) is 0.240. The van der Waals surface area contributed by atoms with Crippen LogP contribution in [0.1, 0.15) is 30.1 Å². The van der Waals surface area contributed by atoms with Crippen LogP contribution in [0.3, 0.4) is 0 Å². The van der Waals surface area contributed by atoms with Crippen LogP contribution < -0.4 is 4.74 Å². The van der Waals surface area contributed by atoms with Gasteiger partial charge in [-0.15, -0.1) is 0 Å². The number of ether oxygens (including phenoxy) is 1. The number of benzene rings is 1. The molecule has 0 saturated heterocycles. The fourth-order valence-electron chi connectivity index (χ4n) is 4.08. The number of halogens is 3. The zero-order chi connectivity index (χ0) is 26.4. The summed E-state index contributed by atoms with van der Waals surface area (Å²) in [5, 5.41) is 4.02. The van der Waals surface area contributed by atoms with Crippen molar-refractivity contribution >= 4 is 0 Å². The highest BCUT2D eigenvalue weighted by molar-refractivity contribution is 5.68. The first kappa shape index (κ1) is 23.7. The van der Waals surface area contributed by atoms with E-state index in [0.717, 1.165) is 24.7 Å². The minimum Gasteiger partial charge on any atom is -0.480 e. The van der Waals surface area contributed by atoms with Crippen LogP contribution in [0, 0.1) is 0 Å². The maximum Gasteiger partial charge on any atom is 0.434 e. The molecule has 0 radical (unpaired) electrons. The summed E-state index contributed by atoms with van der Waals surface area (Å²) in [6, 6.07) is 6.64. The zero-order valence-corrected chi connectivity index (χ0v) is 20.1. The highest BCUT2D eigenvalue weighted by Crippen LogP contribution is 2.44. The van der Waals surface area contributed by atoms with Crippen molar-refractivity contribution in [2.24, 2.45) is 7.05 Å². The predicted molar refractivity (Wildman–Crippen MR) is 128 cm³/mol. The molecule has 0 unspecified atom stereocenters. The minimum atomic E-state index is -4.52. The Morgan fingerprint density at radius 1 is 0.921 bits per heavy atom. The van der Waals surface area contributed by atoms with Crippen molar-refractivity contribution in [3.05, 3.63) is 60.6 Å². The largest absolute Gasteiger partial charge is 0.480 e. The van der Waals surface area contributed by atoms with E-state index < -0.39 is 11.9 Å². The molecule has 1 saturated carbocycles. The summed E-state index contributed by atoms with van der Waals surface area (Å²) in [6.45, 7) is 0. The number of aromatic nitrogens is 8. The van der Waals surface area contributed by atoms with E-state index in [9.17, 15) is 13.2 Å². The lowest BCUT2D eigenvalue weighted by molar-refractivity contribution is -0.140. The normalized spacial score (nSPS) is 13.6. The van der Waals surface area contributed by atoms with Gasteiger partial charge in [-0.2, -0.15) is 18.2 Å². The number of nitrogens with zero attached hydrogens (tertiary/aromatic N) is 8. The molecule has 0 aliphatic heterocycles. The van der Waals surface area contributed by atoms with Gasteiger partial charge in [0.25, 0.3) is 5.89 Å². The van der Waals surface area contributed by atoms with Crippen LogP contribution in [0.4, 0.5) is 13.2 Å². The highest BCUT2D eigenvalue weighted by Gasteiger charge is 2.34. The quantitative estimate of drug-likeness (QED) is 0.306. The van der Waals surface area contributed by atoms with Gasteiger partial charge in [0.05, 0.1) is 18.4 Å². The first-order valence-electron chi connectivity index (χ1n) is 11.6. The van der Waals surface area contributed by atoms with Gasteiger partial charge in [0.2, 0.25) is 11.7 Å². The Kier molecular flexibility index (Phi) is 5.62. The number of hydrogen-bond donors (Lipinski definition) is 0. The lowest BCUT2D eigenvalue weighted by Crippen LogP contribution is -2.04. The van der Waals surface area contributed by atoms with E-state index in [4.69, 9.17) is 9.26 Å². The fourth-order valence-corrected chi connectivity index (χ4v) is 4.08. The van der Waals surface area contributed by atoms with E-state index in [1.807, 2.05) is 0 Å². The third-order valence-corrected chi connectivity index (χ3v) is 6.12. The molecule has 1 aromatic carbocycles. The van der Waals surface area contributed by atoms with Crippen LogP contribution in [-0.2, 0) is 13.2 Å². The maximum atomic E-state index is 13.0. The van der Waals surface area contributed by atoms with Gasteiger partial charge in [0, 0.05) is 42.7 Å². The van der Waals surface area contributed by atoms with Gasteiger partial charge in [-0.1, -0.05) is 17.3 Å². The lowest BCUT2D eigenvalue weighted by atomic mass is 10.1. The van der Waals surface area contributed by atoms with Crippen molar-refractivity contribution in [1.29, 1.82) is 0 Å². The third kappa shape index (κ3) is 4.35. The molecular weight excluding hydrogens is 501 g/mol. The molecule has 1 aliphatic rings. The standard InChI is InChI=1S/C25H19F3N8O2/c1-36-11-17(25(26,27)28)33-22(36)14-5-7-15(8-6-14)23-34-20(35-38-23)16-9-29-21(30-10-16)18-19(13-3-4-13)31-12-32-24(18)37-2/h5-13H,3-4H2,1-2H3. The summed E-state index contributed by atoms with van der Waals surface area (Å²) in [4.78, 5) is 25.7. The van der Waals surface area contributed by atoms with Crippen LogP contribution in [0.15, 0.2) is 53.7 Å². The van der Waals surface area contributed by atoms with Crippen molar-refractivity contribution in [3.63, 3.8) is 0 Å². The molecule has 6 rings (SSSR count). The molecule has 0 bridgehead atoms. The Bertz CT molecular complexity index is 1610. The van der Waals surface area contributed by atoms with E-state index in [-0.39, 0.29) is 17.5 Å². The van der Waals surface area contributed by atoms with Gasteiger partial charge in [-0.3, -0.25) is 0 Å². The van der Waals surface area contributed by atoms with Crippen molar-refractivity contribution < 1.29 is 22.4 Å². The molecule has 1 aliphatic carbocycles. The van der Waals surface area contributed by atoms with Crippen molar-refractivity contribution in [1.82, 2.24) is 39.6 Å². The molecule has 10 nitrogen and oxygen atoms in total. The second kappa shape index (κ2) is 9.01. The van der Waals surface area contributed by atoms with Gasteiger partial charge in [-0.05, 0) is 25.0 Å².